The van der Waals surface area contributed by atoms with Crippen LogP contribution in [0.1, 0.15) is 0 Å². The van der Waals surface area contributed by atoms with Crippen molar-refractivity contribution in [3.05, 3.63) is 24.3 Å². The van der Waals surface area contributed by atoms with Gasteiger partial charge >= 0.3 is 12.5 Å². The van der Waals surface area contributed by atoms with Gasteiger partial charge in [-0.25, -0.2) is 0 Å². The van der Waals surface area contributed by atoms with Crippen molar-refractivity contribution in [3.63, 3.8) is 0 Å². The molecule has 1 heterocycles. The number of piperazine rings is 1. The first-order chi connectivity index (χ1) is 8.98. The molecule has 0 saturated carbocycles. The fourth-order valence-corrected chi connectivity index (χ4v) is 1.90. The Morgan fingerprint density at radius 3 is 2.42 bits per heavy atom. The summed E-state index contributed by atoms with van der Waals surface area (Å²) in [5, 5.41) is 3.13. The summed E-state index contributed by atoms with van der Waals surface area (Å²) in [6, 6.07) is 6.18. The predicted molar refractivity (Wildman–Crippen MR) is 63.1 cm³/mol. The second-order valence-electron chi connectivity index (χ2n) is 4.18. The van der Waals surface area contributed by atoms with E-state index in [-0.39, 0.29) is 5.75 Å². The summed E-state index contributed by atoms with van der Waals surface area (Å²) in [4.78, 5) is 1.87. The zero-order valence-corrected chi connectivity index (χ0v) is 10.1. The Kier molecular flexibility index (Phi) is 4.14. The van der Waals surface area contributed by atoms with Gasteiger partial charge in [-0.05, 0) is 12.1 Å². The smallest absolute Gasteiger partial charge is 0.450 e. The van der Waals surface area contributed by atoms with E-state index in [4.69, 9.17) is 0 Å². The number of benzene rings is 1. The van der Waals surface area contributed by atoms with E-state index in [1.807, 2.05) is 4.90 Å². The number of halogens is 4. The van der Waals surface area contributed by atoms with Crippen LogP contribution in [0.4, 0.5) is 23.2 Å². The van der Waals surface area contributed by atoms with Gasteiger partial charge in [0.15, 0.2) is 0 Å². The van der Waals surface area contributed by atoms with Crippen LogP contribution in [0.15, 0.2) is 24.3 Å². The topological polar surface area (TPSA) is 24.5 Å². The van der Waals surface area contributed by atoms with Gasteiger partial charge in [-0.2, -0.15) is 17.6 Å². The summed E-state index contributed by atoms with van der Waals surface area (Å²) < 4.78 is 53.9. The van der Waals surface area contributed by atoms with E-state index in [2.05, 4.69) is 10.1 Å². The van der Waals surface area contributed by atoms with Crippen molar-refractivity contribution in [2.75, 3.05) is 31.1 Å². The van der Waals surface area contributed by atoms with Gasteiger partial charge in [0.25, 0.3) is 0 Å². The van der Waals surface area contributed by atoms with Crippen molar-refractivity contribution in [3.8, 4) is 5.75 Å². The van der Waals surface area contributed by atoms with E-state index < -0.39 is 12.5 Å². The van der Waals surface area contributed by atoms with Crippen LogP contribution in [0.5, 0.6) is 5.75 Å². The molecule has 0 amide bonds. The quantitative estimate of drug-likeness (QED) is 0.859. The first-order valence-electron chi connectivity index (χ1n) is 5.90. The molecule has 1 unspecified atom stereocenters. The lowest BCUT2D eigenvalue weighted by Gasteiger charge is -2.31. The Hall–Kier alpha value is -1.50. The molecule has 1 N–H and O–H groups in total. The minimum absolute atomic E-state index is 0.0887. The van der Waals surface area contributed by atoms with Gasteiger partial charge in [0.2, 0.25) is 0 Å². The average Bonchev–Trinajstić information content (AvgIpc) is 2.39. The van der Waals surface area contributed by atoms with Crippen molar-refractivity contribution in [1.82, 2.24) is 5.32 Å². The van der Waals surface area contributed by atoms with Crippen LogP contribution in [0, 0.1) is 0 Å². The summed E-state index contributed by atoms with van der Waals surface area (Å²) in [5.74, 6) is -0.0887. The zero-order chi connectivity index (χ0) is 13.9. The summed E-state index contributed by atoms with van der Waals surface area (Å²) >= 11 is 0. The summed E-state index contributed by atoms with van der Waals surface area (Å²) in [6.45, 7) is 2.74. The third-order valence-corrected chi connectivity index (χ3v) is 2.81. The van der Waals surface area contributed by atoms with Crippen molar-refractivity contribution < 1.29 is 22.3 Å². The van der Waals surface area contributed by atoms with Crippen LogP contribution in [-0.4, -0.2) is 38.7 Å². The second-order valence-corrected chi connectivity index (χ2v) is 4.18. The van der Waals surface area contributed by atoms with Gasteiger partial charge in [-0.15, -0.1) is 0 Å². The van der Waals surface area contributed by atoms with E-state index >= 15 is 0 Å². The van der Waals surface area contributed by atoms with Gasteiger partial charge in [0.05, 0.1) is 5.69 Å². The van der Waals surface area contributed by atoms with Crippen molar-refractivity contribution in [2.24, 2.45) is 0 Å². The minimum Gasteiger partial charge on any atom is -0.450 e. The number of alkyl halides is 4. The van der Waals surface area contributed by atoms with Crippen LogP contribution in [0.25, 0.3) is 0 Å². The summed E-state index contributed by atoms with van der Waals surface area (Å²) in [6.07, 6.45) is -8.33. The average molecular weight is 278 g/mol. The molecule has 1 saturated heterocycles. The maximum atomic E-state index is 13.0. The molecule has 0 aliphatic carbocycles. The number of hydrogen-bond donors (Lipinski definition) is 1. The maximum absolute atomic E-state index is 13.0. The Morgan fingerprint density at radius 1 is 1.16 bits per heavy atom. The highest BCUT2D eigenvalue weighted by Crippen LogP contribution is 2.32. The number of para-hydroxylation sites is 2. The number of anilines is 1. The molecule has 1 aromatic rings. The maximum Gasteiger partial charge on any atom is 0.457 e. The largest absolute Gasteiger partial charge is 0.457 e. The van der Waals surface area contributed by atoms with Crippen molar-refractivity contribution in [2.45, 2.75) is 12.5 Å². The number of nitrogens with one attached hydrogen (secondary N) is 1. The number of hydrogen-bond acceptors (Lipinski definition) is 3. The van der Waals surface area contributed by atoms with Gasteiger partial charge in [-0.1, -0.05) is 12.1 Å². The fourth-order valence-electron chi connectivity index (χ4n) is 1.90. The molecule has 0 spiro atoms. The molecule has 1 fully saturated rings. The summed E-state index contributed by atoms with van der Waals surface area (Å²) in [7, 11) is 0. The van der Waals surface area contributed by atoms with Crippen LogP contribution in [0.3, 0.4) is 0 Å². The normalized spacial score (nSPS) is 18.2. The van der Waals surface area contributed by atoms with E-state index in [0.29, 0.717) is 18.8 Å². The lowest BCUT2D eigenvalue weighted by Crippen LogP contribution is -2.43. The molecular weight excluding hydrogens is 264 g/mol. The van der Waals surface area contributed by atoms with E-state index in [0.717, 1.165) is 13.1 Å². The molecule has 0 bridgehead atoms. The molecular formula is C12H14F4N2O. The monoisotopic (exact) mass is 278 g/mol. The van der Waals surface area contributed by atoms with Gasteiger partial charge in [0.1, 0.15) is 5.75 Å². The SMILES string of the molecule is FC(Oc1ccccc1N1CCNCC1)C(F)(F)F. The molecule has 7 heteroatoms. The number of ether oxygens (including phenoxy) is 1. The third kappa shape index (κ3) is 3.50. The van der Waals surface area contributed by atoms with Gasteiger partial charge < -0.3 is 15.0 Å². The molecule has 106 valence electrons. The standard InChI is InChI=1S/C12H14F4N2O/c13-11(12(14,15)16)19-10-4-2-1-3-9(10)18-7-5-17-6-8-18/h1-4,11,17H,5-8H2. The predicted octanol–water partition coefficient (Wildman–Crippen LogP) is 2.33. The Bertz CT molecular complexity index is 418. The molecule has 0 radical (unpaired) electrons. The lowest BCUT2D eigenvalue weighted by molar-refractivity contribution is -0.236. The second kappa shape index (κ2) is 5.64. The Labute approximate surface area is 108 Å². The molecule has 1 aliphatic heterocycles. The fraction of sp³-hybridized carbons (Fsp3) is 0.500. The van der Waals surface area contributed by atoms with E-state index in [1.165, 1.54) is 12.1 Å². The zero-order valence-electron chi connectivity index (χ0n) is 10.1. The van der Waals surface area contributed by atoms with Crippen LogP contribution >= 0.6 is 0 Å². The highest BCUT2D eigenvalue weighted by molar-refractivity contribution is 5.58. The number of nitrogens with zero attached hydrogens (tertiary/aromatic N) is 1. The third-order valence-electron chi connectivity index (χ3n) is 2.81. The first-order valence-corrected chi connectivity index (χ1v) is 5.90. The number of rotatable bonds is 3. The van der Waals surface area contributed by atoms with E-state index in [9.17, 15) is 17.6 Å². The molecule has 3 nitrogen and oxygen atoms in total. The molecule has 2 rings (SSSR count). The molecule has 19 heavy (non-hydrogen) atoms. The minimum atomic E-state index is -5.02. The van der Waals surface area contributed by atoms with E-state index in [1.54, 1.807) is 12.1 Å². The Morgan fingerprint density at radius 2 is 1.79 bits per heavy atom. The van der Waals surface area contributed by atoms with Crippen LogP contribution in [0.2, 0.25) is 0 Å². The summed E-state index contributed by atoms with van der Waals surface area (Å²) in [5.41, 5.74) is 0.482. The molecule has 1 aliphatic rings. The lowest BCUT2D eigenvalue weighted by atomic mass is 10.2. The van der Waals surface area contributed by atoms with Crippen LogP contribution in [-0.2, 0) is 0 Å². The van der Waals surface area contributed by atoms with Gasteiger partial charge in [-0.3, -0.25) is 0 Å². The Balaban J connectivity index is 2.16. The van der Waals surface area contributed by atoms with Crippen molar-refractivity contribution >= 4 is 5.69 Å². The highest BCUT2D eigenvalue weighted by Gasteiger charge is 2.42. The highest BCUT2D eigenvalue weighted by atomic mass is 19.4. The molecule has 0 aromatic heterocycles. The van der Waals surface area contributed by atoms with Gasteiger partial charge in [0, 0.05) is 26.2 Å². The molecule has 1 atom stereocenters. The molecule has 1 aromatic carbocycles. The van der Waals surface area contributed by atoms with Crippen molar-refractivity contribution in [1.29, 1.82) is 0 Å². The van der Waals surface area contributed by atoms with Crippen LogP contribution < -0.4 is 15.0 Å². The first kappa shape index (κ1) is 13.9.